The van der Waals surface area contributed by atoms with Crippen molar-refractivity contribution in [2.75, 3.05) is 31.9 Å². The molecule has 0 aromatic heterocycles. The fourth-order valence-electron chi connectivity index (χ4n) is 3.02. The maximum absolute atomic E-state index is 12.1. The molecule has 2 aliphatic heterocycles. The molecule has 1 amide bonds. The van der Waals surface area contributed by atoms with Crippen molar-refractivity contribution >= 4 is 11.6 Å². The van der Waals surface area contributed by atoms with Crippen LogP contribution < -0.4 is 5.73 Å². The number of anilines is 1. The molecule has 0 bridgehead atoms. The predicted molar refractivity (Wildman–Crippen MR) is 75.6 cm³/mol. The van der Waals surface area contributed by atoms with E-state index in [0.29, 0.717) is 6.54 Å². The van der Waals surface area contributed by atoms with E-state index in [1.165, 1.54) is 11.1 Å². The van der Waals surface area contributed by atoms with Gasteiger partial charge in [0.2, 0.25) is 5.91 Å². The Bertz CT molecular complexity index is 480. The van der Waals surface area contributed by atoms with E-state index in [2.05, 4.69) is 17.0 Å². The van der Waals surface area contributed by atoms with Crippen molar-refractivity contribution < 1.29 is 4.79 Å². The molecule has 2 N–H and O–H groups in total. The van der Waals surface area contributed by atoms with Crippen LogP contribution in [0.2, 0.25) is 0 Å². The van der Waals surface area contributed by atoms with Crippen molar-refractivity contribution in [3.05, 3.63) is 29.3 Å². The van der Waals surface area contributed by atoms with E-state index in [-0.39, 0.29) is 5.91 Å². The summed E-state index contributed by atoms with van der Waals surface area (Å²) in [6.45, 7) is 4.27. The third-order valence-electron chi connectivity index (χ3n) is 4.14. The molecule has 0 unspecified atom stereocenters. The molecule has 2 heterocycles. The molecule has 4 heteroatoms. The van der Waals surface area contributed by atoms with Crippen molar-refractivity contribution in [3.63, 3.8) is 0 Å². The number of rotatable bonds is 2. The summed E-state index contributed by atoms with van der Waals surface area (Å²) >= 11 is 0. The van der Waals surface area contributed by atoms with Gasteiger partial charge in [-0.05, 0) is 42.5 Å². The molecule has 2 aliphatic rings. The van der Waals surface area contributed by atoms with Gasteiger partial charge in [0.05, 0.1) is 6.54 Å². The van der Waals surface area contributed by atoms with Gasteiger partial charge in [0, 0.05) is 31.9 Å². The SMILES string of the molecule is Nc1ccc2c(c1)CCN(CC(=O)N1CCCC1)C2. The van der Waals surface area contributed by atoms with E-state index in [9.17, 15) is 4.79 Å². The van der Waals surface area contributed by atoms with E-state index in [0.717, 1.165) is 51.1 Å². The Morgan fingerprint density at radius 1 is 1.16 bits per heavy atom. The number of carbonyl (C=O) groups excluding carboxylic acids is 1. The highest BCUT2D eigenvalue weighted by atomic mass is 16.2. The normalized spacial score (nSPS) is 19.5. The zero-order chi connectivity index (χ0) is 13.2. The van der Waals surface area contributed by atoms with Gasteiger partial charge in [-0.3, -0.25) is 9.69 Å². The van der Waals surface area contributed by atoms with Gasteiger partial charge >= 0.3 is 0 Å². The molecule has 0 radical (unpaired) electrons. The van der Waals surface area contributed by atoms with Gasteiger partial charge in [0.15, 0.2) is 0 Å². The van der Waals surface area contributed by atoms with Gasteiger partial charge in [0.25, 0.3) is 0 Å². The Morgan fingerprint density at radius 3 is 2.74 bits per heavy atom. The van der Waals surface area contributed by atoms with Crippen LogP contribution in [0.15, 0.2) is 18.2 Å². The number of hydrogen-bond acceptors (Lipinski definition) is 3. The van der Waals surface area contributed by atoms with Crippen LogP contribution in [0.5, 0.6) is 0 Å². The maximum atomic E-state index is 12.1. The van der Waals surface area contributed by atoms with Crippen LogP contribution in [0.1, 0.15) is 24.0 Å². The van der Waals surface area contributed by atoms with Crippen molar-refractivity contribution in [2.45, 2.75) is 25.8 Å². The standard InChI is InChI=1S/C15H21N3O/c16-14-4-3-13-10-17(8-5-12(13)9-14)11-15(19)18-6-1-2-7-18/h3-4,9H,1-2,5-8,10-11,16H2. The highest BCUT2D eigenvalue weighted by molar-refractivity contribution is 5.78. The van der Waals surface area contributed by atoms with Crippen LogP contribution in [0.25, 0.3) is 0 Å². The van der Waals surface area contributed by atoms with Crippen LogP contribution in [-0.2, 0) is 17.8 Å². The number of fused-ring (bicyclic) bond motifs is 1. The number of hydrogen-bond donors (Lipinski definition) is 1. The summed E-state index contributed by atoms with van der Waals surface area (Å²) in [6.07, 6.45) is 3.31. The summed E-state index contributed by atoms with van der Waals surface area (Å²) in [5, 5.41) is 0. The summed E-state index contributed by atoms with van der Waals surface area (Å²) in [4.78, 5) is 16.4. The zero-order valence-electron chi connectivity index (χ0n) is 11.3. The van der Waals surface area contributed by atoms with Crippen molar-refractivity contribution in [2.24, 2.45) is 0 Å². The number of nitrogens with two attached hydrogens (primary N) is 1. The van der Waals surface area contributed by atoms with E-state index < -0.39 is 0 Å². The molecule has 1 fully saturated rings. The second kappa shape index (κ2) is 5.21. The number of carbonyl (C=O) groups is 1. The van der Waals surface area contributed by atoms with E-state index in [1.54, 1.807) is 0 Å². The minimum absolute atomic E-state index is 0.288. The van der Waals surface area contributed by atoms with Crippen molar-refractivity contribution in [1.29, 1.82) is 0 Å². The molecule has 3 rings (SSSR count). The minimum Gasteiger partial charge on any atom is -0.399 e. The lowest BCUT2D eigenvalue weighted by molar-refractivity contribution is -0.131. The van der Waals surface area contributed by atoms with Crippen LogP contribution in [0.3, 0.4) is 0 Å². The smallest absolute Gasteiger partial charge is 0.236 e. The number of likely N-dealkylation sites (tertiary alicyclic amines) is 1. The molecule has 1 aromatic rings. The van der Waals surface area contributed by atoms with Crippen LogP contribution in [0.4, 0.5) is 5.69 Å². The second-order valence-electron chi connectivity index (χ2n) is 5.58. The molecule has 0 aliphatic carbocycles. The average molecular weight is 259 g/mol. The predicted octanol–water partition coefficient (Wildman–Crippen LogP) is 1.25. The monoisotopic (exact) mass is 259 g/mol. The maximum Gasteiger partial charge on any atom is 0.236 e. The highest BCUT2D eigenvalue weighted by Crippen LogP contribution is 2.21. The van der Waals surface area contributed by atoms with Crippen LogP contribution in [0, 0.1) is 0 Å². The highest BCUT2D eigenvalue weighted by Gasteiger charge is 2.23. The summed E-state index contributed by atoms with van der Waals surface area (Å²) in [5.41, 5.74) is 9.29. The van der Waals surface area contributed by atoms with E-state index in [4.69, 9.17) is 5.73 Å². The summed E-state index contributed by atoms with van der Waals surface area (Å²) in [6, 6.07) is 6.11. The first-order valence-corrected chi connectivity index (χ1v) is 7.10. The minimum atomic E-state index is 0.288. The van der Waals surface area contributed by atoms with Gasteiger partial charge in [-0.2, -0.15) is 0 Å². The summed E-state index contributed by atoms with van der Waals surface area (Å²) in [7, 11) is 0. The Balaban J connectivity index is 1.62. The molecule has 102 valence electrons. The third-order valence-corrected chi connectivity index (χ3v) is 4.14. The van der Waals surface area contributed by atoms with Crippen LogP contribution >= 0.6 is 0 Å². The van der Waals surface area contributed by atoms with Crippen LogP contribution in [-0.4, -0.2) is 41.9 Å². The topological polar surface area (TPSA) is 49.6 Å². The quantitative estimate of drug-likeness (QED) is 0.813. The van der Waals surface area contributed by atoms with E-state index in [1.807, 2.05) is 11.0 Å². The van der Waals surface area contributed by atoms with E-state index >= 15 is 0 Å². The number of nitrogens with zero attached hydrogens (tertiary/aromatic N) is 2. The largest absolute Gasteiger partial charge is 0.399 e. The first-order valence-electron chi connectivity index (χ1n) is 7.10. The van der Waals surface area contributed by atoms with Gasteiger partial charge in [-0.15, -0.1) is 0 Å². The third kappa shape index (κ3) is 2.73. The summed E-state index contributed by atoms with van der Waals surface area (Å²) in [5.74, 6) is 0.288. The fourth-order valence-corrected chi connectivity index (χ4v) is 3.02. The number of amides is 1. The molecule has 1 aromatic carbocycles. The average Bonchev–Trinajstić information content (AvgIpc) is 2.93. The van der Waals surface area contributed by atoms with Crippen molar-refractivity contribution in [1.82, 2.24) is 9.80 Å². The number of benzene rings is 1. The molecule has 0 atom stereocenters. The Labute approximate surface area is 114 Å². The lowest BCUT2D eigenvalue weighted by Gasteiger charge is -2.29. The van der Waals surface area contributed by atoms with Gasteiger partial charge in [0.1, 0.15) is 0 Å². The lowest BCUT2D eigenvalue weighted by Crippen LogP contribution is -2.41. The Hall–Kier alpha value is -1.55. The first kappa shape index (κ1) is 12.5. The molecule has 0 spiro atoms. The van der Waals surface area contributed by atoms with Gasteiger partial charge < -0.3 is 10.6 Å². The Morgan fingerprint density at radius 2 is 1.95 bits per heavy atom. The van der Waals surface area contributed by atoms with Crippen molar-refractivity contribution in [3.8, 4) is 0 Å². The Kier molecular flexibility index (Phi) is 3.42. The second-order valence-corrected chi connectivity index (χ2v) is 5.58. The molecule has 4 nitrogen and oxygen atoms in total. The fraction of sp³-hybridized carbons (Fsp3) is 0.533. The van der Waals surface area contributed by atoms with Gasteiger partial charge in [-0.1, -0.05) is 6.07 Å². The molecular weight excluding hydrogens is 238 g/mol. The summed E-state index contributed by atoms with van der Waals surface area (Å²) < 4.78 is 0. The zero-order valence-corrected chi connectivity index (χ0v) is 11.3. The molecular formula is C15H21N3O. The van der Waals surface area contributed by atoms with Gasteiger partial charge in [-0.25, -0.2) is 0 Å². The lowest BCUT2D eigenvalue weighted by atomic mass is 9.99. The first-order chi connectivity index (χ1) is 9.22. The molecule has 1 saturated heterocycles. The molecule has 19 heavy (non-hydrogen) atoms. The number of nitrogen functional groups attached to an aromatic ring is 1. The molecule has 0 saturated carbocycles.